The summed E-state index contributed by atoms with van der Waals surface area (Å²) >= 11 is 7.75. The SMILES string of the molecule is COc1cc(C(=O)N/N=C\c2cc(Br)c(OCc3ccccc3F)c(I)c2)ccc1I. The van der Waals surface area contributed by atoms with E-state index in [1.807, 2.05) is 12.1 Å². The summed E-state index contributed by atoms with van der Waals surface area (Å²) in [7, 11) is 1.56. The summed E-state index contributed by atoms with van der Waals surface area (Å²) in [6, 6.07) is 15.3. The van der Waals surface area contributed by atoms with E-state index in [0.717, 1.165) is 12.7 Å². The summed E-state index contributed by atoms with van der Waals surface area (Å²) in [6.45, 7) is 0.115. The summed E-state index contributed by atoms with van der Waals surface area (Å²) in [5.74, 6) is 0.584. The van der Waals surface area contributed by atoms with Gasteiger partial charge in [0.15, 0.2) is 0 Å². The van der Waals surface area contributed by atoms with Crippen LogP contribution in [0.4, 0.5) is 4.39 Å². The number of hydrogen-bond donors (Lipinski definition) is 1. The standard InChI is InChI=1S/C22H16BrFI2N2O3/c1-30-20-10-14(6-7-18(20)25)22(29)28-27-11-13-8-16(23)21(19(26)9-13)31-12-15-4-2-3-5-17(15)24/h2-11H,12H2,1H3,(H,28,29)/b27-11-. The quantitative estimate of drug-likeness (QED) is 0.182. The number of nitrogens with one attached hydrogen (secondary N) is 1. The lowest BCUT2D eigenvalue weighted by Gasteiger charge is -2.12. The number of carbonyl (C=O) groups is 1. The van der Waals surface area contributed by atoms with E-state index in [1.54, 1.807) is 43.5 Å². The van der Waals surface area contributed by atoms with Crippen LogP contribution in [0.2, 0.25) is 0 Å². The first-order chi connectivity index (χ1) is 14.9. The van der Waals surface area contributed by atoms with Gasteiger partial charge >= 0.3 is 0 Å². The third kappa shape index (κ3) is 6.39. The Labute approximate surface area is 214 Å². The van der Waals surface area contributed by atoms with E-state index in [0.29, 0.717) is 27.1 Å². The fourth-order valence-electron chi connectivity index (χ4n) is 2.59. The number of halogens is 4. The second-order valence-electron chi connectivity index (χ2n) is 6.24. The van der Waals surface area contributed by atoms with Crippen molar-refractivity contribution in [3.63, 3.8) is 0 Å². The zero-order chi connectivity index (χ0) is 22.4. The van der Waals surface area contributed by atoms with Crippen LogP contribution in [0.1, 0.15) is 21.5 Å². The lowest BCUT2D eigenvalue weighted by atomic mass is 10.2. The lowest BCUT2D eigenvalue weighted by Crippen LogP contribution is -2.17. The second kappa shape index (κ2) is 11.2. The molecule has 5 nitrogen and oxygen atoms in total. The van der Waals surface area contributed by atoms with Crippen LogP contribution >= 0.6 is 61.1 Å². The Morgan fingerprint density at radius 3 is 2.65 bits per heavy atom. The van der Waals surface area contributed by atoms with E-state index in [4.69, 9.17) is 9.47 Å². The van der Waals surface area contributed by atoms with Gasteiger partial charge in [0.05, 0.1) is 24.9 Å². The Balaban J connectivity index is 1.66. The van der Waals surface area contributed by atoms with Crippen molar-refractivity contribution in [2.75, 3.05) is 7.11 Å². The minimum absolute atomic E-state index is 0.115. The minimum atomic E-state index is -0.343. The molecule has 1 amide bonds. The first-order valence-corrected chi connectivity index (χ1v) is 11.9. The topological polar surface area (TPSA) is 59.9 Å². The molecule has 0 fully saturated rings. The number of ether oxygens (including phenoxy) is 2. The molecule has 0 saturated heterocycles. The largest absolute Gasteiger partial charge is 0.496 e. The third-order valence-electron chi connectivity index (χ3n) is 4.14. The minimum Gasteiger partial charge on any atom is -0.496 e. The second-order valence-corrected chi connectivity index (χ2v) is 9.42. The van der Waals surface area contributed by atoms with Crippen LogP contribution in [0, 0.1) is 13.0 Å². The normalized spacial score (nSPS) is 10.9. The van der Waals surface area contributed by atoms with Crippen molar-refractivity contribution < 1.29 is 18.7 Å². The molecule has 3 aromatic rings. The summed E-state index contributed by atoms with van der Waals surface area (Å²) < 4.78 is 27.3. The number of benzene rings is 3. The molecule has 0 unspecified atom stereocenters. The first kappa shape index (κ1) is 23.9. The van der Waals surface area contributed by atoms with Crippen molar-refractivity contribution in [2.45, 2.75) is 6.61 Å². The van der Waals surface area contributed by atoms with Crippen molar-refractivity contribution >= 4 is 73.2 Å². The van der Waals surface area contributed by atoms with Gasteiger partial charge in [-0.1, -0.05) is 18.2 Å². The van der Waals surface area contributed by atoms with Crippen LogP contribution in [0.5, 0.6) is 11.5 Å². The molecule has 0 heterocycles. The van der Waals surface area contributed by atoms with E-state index in [2.05, 4.69) is 71.6 Å². The molecule has 0 aliphatic heterocycles. The number of methoxy groups -OCH3 is 1. The monoisotopic (exact) mass is 708 g/mol. The number of hydrazone groups is 1. The Kier molecular flexibility index (Phi) is 8.67. The summed E-state index contributed by atoms with van der Waals surface area (Å²) in [6.07, 6.45) is 1.54. The fourth-order valence-corrected chi connectivity index (χ4v) is 4.91. The maximum absolute atomic E-state index is 13.8. The van der Waals surface area contributed by atoms with Crippen molar-refractivity contribution in [2.24, 2.45) is 5.10 Å². The van der Waals surface area contributed by atoms with Gasteiger partial charge in [0, 0.05) is 11.1 Å². The molecule has 3 aromatic carbocycles. The van der Waals surface area contributed by atoms with Crippen LogP contribution in [0.3, 0.4) is 0 Å². The van der Waals surface area contributed by atoms with E-state index in [9.17, 15) is 9.18 Å². The van der Waals surface area contributed by atoms with E-state index in [1.165, 1.54) is 12.3 Å². The maximum atomic E-state index is 13.8. The van der Waals surface area contributed by atoms with E-state index >= 15 is 0 Å². The molecule has 0 radical (unpaired) electrons. The molecular weight excluding hydrogens is 693 g/mol. The number of hydrogen-bond acceptors (Lipinski definition) is 4. The summed E-state index contributed by atoms with van der Waals surface area (Å²) in [5.41, 5.74) is 4.19. The fraction of sp³-hybridized carbons (Fsp3) is 0.0909. The van der Waals surface area contributed by atoms with Gasteiger partial charge in [-0.15, -0.1) is 0 Å². The molecule has 0 atom stereocenters. The van der Waals surface area contributed by atoms with E-state index in [-0.39, 0.29) is 18.3 Å². The molecule has 0 aliphatic carbocycles. The predicted molar refractivity (Wildman–Crippen MR) is 138 cm³/mol. The van der Waals surface area contributed by atoms with Crippen LogP contribution in [-0.4, -0.2) is 19.2 Å². The summed E-state index contributed by atoms with van der Waals surface area (Å²) in [4.78, 5) is 12.3. The van der Waals surface area contributed by atoms with Crippen LogP contribution < -0.4 is 14.9 Å². The molecule has 160 valence electrons. The Morgan fingerprint density at radius 2 is 1.94 bits per heavy atom. The highest BCUT2D eigenvalue weighted by molar-refractivity contribution is 14.1. The highest BCUT2D eigenvalue weighted by atomic mass is 127. The Hall–Kier alpha value is -1.73. The van der Waals surface area contributed by atoms with Gasteiger partial charge in [0.25, 0.3) is 5.91 Å². The zero-order valence-corrected chi connectivity index (χ0v) is 22.1. The zero-order valence-electron chi connectivity index (χ0n) is 16.2. The van der Waals surface area contributed by atoms with Crippen molar-refractivity contribution in [3.05, 3.63) is 88.7 Å². The molecule has 9 heteroatoms. The van der Waals surface area contributed by atoms with Gasteiger partial charge in [0.1, 0.15) is 23.9 Å². The highest BCUT2D eigenvalue weighted by Crippen LogP contribution is 2.32. The lowest BCUT2D eigenvalue weighted by molar-refractivity contribution is 0.0954. The van der Waals surface area contributed by atoms with Gasteiger partial charge in [-0.25, -0.2) is 9.82 Å². The Bertz CT molecular complexity index is 1120. The van der Waals surface area contributed by atoms with Crippen molar-refractivity contribution in [1.29, 1.82) is 0 Å². The third-order valence-corrected chi connectivity index (χ3v) is 6.43. The van der Waals surface area contributed by atoms with Gasteiger partial charge in [-0.3, -0.25) is 4.79 Å². The molecular formula is C22H16BrFI2N2O3. The smallest absolute Gasteiger partial charge is 0.271 e. The van der Waals surface area contributed by atoms with Gasteiger partial charge in [0.2, 0.25) is 0 Å². The predicted octanol–water partition coefficient (Wildman–Crippen LogP) is 6.15. The molecule has 0 bridgehead atoms. The van der Waals surface area contributed by atoms with Gasteiger partial charge < -0.3 is 9.47 Å². The number of rotatable bonds is 7. The van der Waals surface area contributed by atoms with E-state index < -0.39 is 0 Å². The van der Waals surface area contributed by atoms with Gasteiger partial charge in [-0.05, 0) is 103 Å². The number of amides is 1. The molecule has 1 N–H and O–H groups in total. The van der Waals surface area contributed by atoms with Crippen molar-refractivity contribution in [3.8, 4) is 11.5 Å². The van der Waals surface area contributed by atoms with Crippen LogP contribution in [0.25, 0.3) is 0 Å². The molecule has 0 saturated carbocycles. The summed E-state index contributed by atoms with van der Waals surface area (Å²) in [5, 5.41) is 4.03. The maximum Gasteiger partial charge on any atom is 0.271 e. The molecule has 0 spiro atoms. The molecule has 3 rings (SSSR count). The highest BCUT2D eigenvalue weighted by Gasteiger charge is 2.11. The van der Waals surface area contributed by atoms with Gasteiger partial charge in [-0.2, -0.15) is 5.10 Å². The first-order valence-electron chi connectivity index (χ1n) is 8.91. The Morgan fingerprint density at radius 1 is 1.16 bits per heavy atom. The van der Waals surface area contributed by atoms with Crippen LogP contribution in [0.15, 0.2) is 64.2 Å². The molecule has 0 aliphatic rings. The average Bonchev–Trinajstić information content (AvgIpc) is 2.74. The van der Waals surface area contributed by atoms with Crippen LogP contribution in [-0.2, 0) is 6.61 Å². The number of nitrogens with zero attached hydrogens (tertiary/aromatic N) is 1. The number of carbonyl (C=O) groups excluding carboxylic acids is 1. The van der Waals surface area contributed by atoms with Crippen molar-refractivity contribution in [1.82, 2.24) is 5.43 Å². The average molecular weight is 709 g/mol. The molecule has 31 heavy (non-hydrogen) atoms. The molecule has 0 aromatic heterocycles.